The van der Waals surface area contributed by atoms with Gasteiger partial charge in [0.25, 0.3) is 5.91 Å². The van der Waals surface area contributed by atoms with Gasteiger partial charge in [-0.2, -0.15) is 0 Å². The highest BCUT2D eigenvalue weighted by atomic mass is 16.2. The van der Waals surface area contributed by atoms with Crippen LogP contribution in [0.3, 0.4) is 0 Å². The van der Waals surface area contributed by atoms with Gasteiger partial charge >= 0.3 is 0 Å². The van der Waals surface area contributed by atoms with Gasteiger partial charge in [0.2, 0.25) is 0 Å². The molecule has 0 saturated carbocycles. The monoisotopic (exact) mass is 221 g/mol. The molecule has 0 heterocycles. The highest BCUT2D eigenvalue weighted by Gasteiger charge is 2.10. The molecule has 1 amide bonds. The van der Waals surface area contributed by atoms with E-state index in [1.807, 2.05) is 13.8 Å². The smallest absolute Gasteiger partial charge is 0.253 e. The number of nitrogens with zero attached hydrogens (tertiary/aromatic N) is 1. The fourth-order valence-corrected chi connectivity index (χ4v) is 1.38. The van der Waals surface area contributed by atoms with E-state index in [-0.39, 0.29) is 11.9 Å². The van der Waals surface area contributed by atoms with Crippen molar-refractivity contribution in [1.82, 2.24) is 4.90 Å². The lowest BCUT2D eigenvalue weighted by Gasteiger charge is -2.15. The van der Waals surface area contributed by atoms with Gasteiger partial charge in [0.15, 0.2) is 0 Å². The zero-order chi connectivity index (χ0) is 12.3. The molecule has 0 aliphatic heterocycles. The van der Waals surface area contributed by atoms with Crippen LogP contribution in [0.4, 0.5) is 11.4 Å². The van der Waals surface area contributed by atoms with Gasteiger partial charge in [-0.05, 0) is 32.0 Å². The molecule has 16 heavy (non-hydrogen) atoms. The Morgan fingerprint density at radius 2 is 2.00 bits per heavy atom. The van der Waals surface area contributed by atoms with Gasteiger partial charge in [0.05, 0.1) is 11.4 Å². The minimum absolute atomic E-state index is 0.0215. The Hall–Kier alpha value is -1.71. The summed E-state index contributed by atoms with van der Waals surface area (Å²) in [6.45, 7) is 4.06. The number of amides is 1. The lowest BCUT2D eigenvalue weighted by atomic mass is 10.1. The van der Waals surface area contributed by atoms with Crippen LogP contribution < -0.4 is 11.1 Å². The van der Waals surface area contributed by atoms with Crippen LogP contribution in [0, 0.1) is 0 Å². The van der Waals surface area contributed by atoms with Gasteiger partial charge in [-0.25, -0.2) is 0 Å². The molecule has 0 aliphatic carbocycles. The summed E-state index contributed by atoms with van der Waals surface area (Å²) in [6, 6.07) is 5.56. The number of nitrogens with one attached hydrogen (secondary N) is 1. The molecule has 0 fully saturated rings. The zero-order valence-corrected chi connectivity index (χ0v) is 10.2. The van der Waals surface area contributed by atoms with Crippen LogP contribution in [0.25, 0.3) is 0 Å². The van der Waals surface area contributed by atoms with Gasteiger partial charge in [0.1, 0.15) is 0 Å². The lowest BCUT2D eigenvalue weighted by molar-refractivity contribution is 0.0827. The summed E-state index contributed by atoms with van der Waals surface area (Å²) in [5.74, 6) is -0.0215. The van der Waals surface area contributed by atoms with Crippen molar-refractivity contribution >= 4 is 17.3 Å². The third-order valence-corrected chi connectivity index (χ3v) is 2.15. The number of nitrogens with two attached hydrogens (primary N) is 1. The molecule has 0 atom stereocenters. The van der Waals surface area contributed by atoms with Crippen LogP contribution in [-0.2, 0) is 0 Å². The number of benzene rings is 1. The van der Waals surface area contributed by atoms with Crippen molar-refractivity contribution in [2.75, 3.05) is 25.1 Å². The lowest BCUT2D eigenvalue weighted by Crippen LogP contribution is -2.22. The van der Waals surface area contributed by atoms with Crippen molar-refractivity contribution in [1.29, 1.82) is 0 Å². The average molecular weight is 221 g/mol. The Balaban J connectivity index is 3.02. The van der Waals surface area contributed by atoms with E-state index in [1.165, 1.54) is 0 Å². The van der Waals surface area contributed by atoms with Gasteiger partial charge in [-0.3, -0.25) is 4.79 Å². The average Bonchev–Trinajstić information content (AvgIpc) is 2.19. The third kappa shape index (κ3) is 2.89. The number of nitrogen functional groups attached to an aromatic ring is 1. The van der Waals surface area contributed by atoms with Crippen molar-refractivity contribution in [2.24, 2.45) is 0 Å². The SMILES string of the molecule is CC(C)Nc1cc(C(=O)N(C)C)ccc1N. The topological polar surface area (TPSA) is 58.4 Å². The normalized spacial score (nSPS) is 10.3. The molecule has 0 radical (unpaired) electrons. The Morgan fingerprint density at radius 3 is 2.50 bits per heavy atom. The molecule has 1 rings (SSSR count). The van der Waals surface area contributed by atoms with E-state index < -0.39 is 0 Å². The largest absolute Gasteiger partial charge is 0.397 e. The maximum atomic E-state index is 11.8. The van der Waals surface area contributed by atoms with Crippen LogP contribution in [0.5, 0.6) is 0 Å². The molecule has 0 aromatic heterocycles. The predicted molar refractivity (Wildman–Crippen MR) is 67.6 cm³/mol. The number of anilines is 2. The van der Waals surface area contributed by atoms with E-state index in [1.54, 1.807) is 37.2 Å². The first-order valence-electron chi connectivity index (χ1n) is 5.29. The van der Waals surface area contributed by atoms with E-state index in [0.29, 0.717) is 11.3 Å². The summed E-state index contributed by atoms with van der Waals surface area (Å²) in [6.07, 6.45) is 0. The van der Waals surface area contributed by atoms with Gasteiger partial charge in [-0.15, -0.1) is 0 Å². The van der Waals surface area contributed by atoms with Crippen molar-refractivity contribution in [3.8, 4) is 0 Å². The quantitative estimate of drug-likeness (QED) is 0.765. The summed E-state index contributed by atoms with van der Waals surface area (Å²) >= 11 is 0. The van der Waals surface area contributed by atoms with Gasteiger partial charge in [0, 0.05) is 25.7 Å². The van der Waals surface area contributed by atoms with Crippen molar-refractivity contribution in [2.45, 2.75) is 19.9 Å². The molecule has 4 nitrogen and oxygen atoms in total. The van der Waals surface area contributed by atoms with E-state index in [9.17, 15) is 4.79 Å². The minimum Gasteiger partial charge on any atom is -0.397 e. The number of carbonyl (C=O) groups is 1. The molecule has 88 valence electrons. The second kappa shape index (κ2) is 4.88. The fourth-order valence-electron chi connectivity index (χ4n) is 1.38. The Kier molecular flexibility index (Phi) is 3.77. The maximum absolute atomic E-state index is 11.8. The second-order valence-electron chi connectivity index (χ2n) is 4.30. The Bertz CT molecular complexity index is 386. The van der Waals surface area contributed by atoms with Crippen molar-refractivity contribution < 1.29 is 4.79 Å². The molecule has 1 aromatic carbocycles. The number of hydrogen-bond acceptors (Lipinski definition) is 3. The van der Waals surface area contributed by atoms with E-state index in [0.717, 1.165) is 5.69 Å². The van der Waals surface area contributed by atoms with Crippen LogP contribution in [0.2, 0.25) is 0 Å². The van der Waals surface area contributed by atoms with E-state index in [2.05, 4.69) is 5.32 Å². The molecule has 0 aliphatic rings. The van der Waals surface area contributed by atoms with E-state index in [4.69, 9.17) is 5.73 Å². The predicted octanol–water partition coefficient (Wildman–Crippen LogP) is 1.79. The molecular formula is C12H19N3O. The highest BCUT2D eigenvalue weighted by Crippen LogP contribution is 2.21. The Morgan fingerprint density at radius 1 is 1.38 bits per heavy atom. The molecular weight excluding hydrogens is 202 g/mol. The van der Waals surface area contributed by atoms with Crippen LogP contribution in [-0.4, -0.2) is 30.9 Å². The maximum Gasteiger partial charge on any atom is 0.253 e. The molecule has 4 heteroatoms. The molecule has 0 bridgehead atoms. The summed E-state index contributed by atoms with van der Waals surface area (Å²) < 4.78 is 0. The summed E-state index contributed by atoms with van der Waals surface area (Å²) in [7, 11) is 3.46. The zero-order valence-electron chi connectivity index (χ0n) is 10.2. The molecule has 0 saturated heterocycles. The van der Waals surface area contributed by atoms with Gasteiger partial charge in [-0.1, -0.05) is 0 Å². The van der Waals surface area contributed by atoms with Crippen LogP contribution in [0.15, 0.2) is 18.2 Å². The van der Waals surface area contributed by atoms with E-state index >= 15 is 0 Å². The van der Waals surface area contributed by atoms with Crippen molar-refractivity contribution in [3.63, 3.8) is 0 Å². The minimum atomic E-state index is -0.0215. The molecule has 3 N–H and O–H groups in total. The first-order chi connectivity index (χ1) is 7.41. The van der Waals surface area contributed by atoms with Crippen molar-refractivity contribution in [3.05, 3.63) is 23.8 Å². The standard InChI is InChI=1S/C12H19N3O/c1-8(2)14-11-7-9(5-6-10(11)13)12(16)15(3)4/h5-8,14H,13H2,1-4H3. The summed E-state index contributed by atoms with van der Waals surface area (Å²) in [4.78, 5) is 13.3. The van der Waals surface area contributed by atoms with Crippen LogP contribution in [0.1, 0.15) is 24.2 Å². The molecule has 1 aromatic rings. The van der Waals surface area contributed by atoms with Gasteiger partial charge < -0.3 is 16.0 Å². The highest BCUT2D eigenvalue weighted by molar-refractivity contribution is 5.95. The van der Waals surface area contributed by atoms with Crippen LogP contribution >= 0.6 is 0 Å². The number of rotatable bonds is 3. The first-order valence-corrected chi connectivity index (χ1v) is 5.29. The fraction of sp³-hybridized carbons (Fsp3) is 0.417. The molecule has 0 unspecified atom stereocenters. The number of hydrogen-bond donors (Lipinski definition) is 2. The molecule has 0 spiro atoms. The first kappa shape index (κ1) is 12.4. The summed E-state index contributed by atoms with van der Waals surface area (Å²) in [5, 5.41) is 3.21. The number of carbonyl (C=O) groups excluding carboxylic acids is 1. The second-order valence-corrected chi connectivity index (χ2v) is 4.30. The Labute approximate surface area is 96.4 Å². The summed E-state index contributed by atoms with van der Waals surface area (Å²) in [5.41, 5.74) is 7.93. The third-order valence-electron chi connectivity index (χ3n) is 2.15.